The third-order valence-corrected chi connectivity index (χ3v) is 4.05. The Bertz CT molecular complexity index is 855. The topological polar surface area (TPSA) is 47.9 Å². The van der Waals surface area contributed by atoms with E-state index in [9.17, 15) is 4.79 Å². The van der Waals surface area contributed by atoms with Gasteiger partial charge in [0.25, 0.3) is 0 Å². The third kappa shape index (κ3) is 3.63. The number of hydrogen-bond donors (Lipinski definition) is 0. The van der Waals surface area contributed by atoms with Gasteiger partial charge in [-0.1, -0.05) is 51.1 Å². The minimum Gasteiger partial charge on any atom is -0.496 e. The molecule has 1 aliphatic heterocycles. The normalized spacial score (nSPS) is 15.9. The molecule has 0 spiro atoms. The molecule has 1 aliphatic rings. The van der Waals surface area contributed by atoms with Crippen molar-refractivity contribution < 1.29 is 14.3 Å². The first-order chi connectivity index (χ1) is 11.9. The molecule has 0 radical (unpaired) electrons. The molecule has 4 heteroatoms. The summed E-state index contributed by atoms with van der Waals surface area (Å²) in [6.45, 7) is 6.47. The molecule has 2 aromatic carbocycles. The number of benzene rings is 2. The summed E-state index contributed by atoms with van der Waals surface area (Å²) in [6.07, 6.45) is 1.68. The fourth-order valence-corrected chi connectivity index (χ4v) is 2.58. The van der Waals surface area contributed by atoms with Gasteiger partial charge < -0.3 is 9.47 Å². The molecule has 0 saturated heterocycles. The Kier molecular flexibility index (Phi) is 4.45. The number of ether oxygens (including phenoxy) is 2. The molecule has 0 aliphatic carbocycles. The predicted octanol–water partition coefficient (Wildman–Crippen LogP) is 4.34. The largest absolute Gasteiger partial charge is 0.496 e. The fraction of sp³-hybridized carbons (Fsp3) is 0.238. The number of methoxy groups -OCH3 is 1. The molecule has 0 aromatic heterocycles. The molecule has 0 bridgehead atoms. The molecular formula is C21H21NO3. The summed E-state index contributed by atoms with van der Waals surface area (Å²) in [7, 11) is 1.59. The second-order valence-electron chi connectivity index (χ2n) is 6.91. The van der Waals surface area contributed by atoms with Gasteiger partial charge in [-0.2, -0.15) is 0 Å². The van der Waals surface area contributed by atoms with Crippen LogP contribution in [-0.2, 0) is 14.9 Å². The van der Waals surface area contributed by atoms with E-state index >= 15 is 0 Å². The number of cyclic esters (lactones) is 1. The van der Waals surface area contributed by atoms with E-state index in [2.05, 4.69) is 25.8 Å². The highest BCUT2D eigenvalue weighted by Crippen LogP contribution is 2.26. The van der Waals surface area contributed by atoms with E-state index in [0.717, 1.165) is 11.1 Å². The number of rotatable bonds is 3. The molecule has 0 saturated carbocycles. The molecule has 0 unspecified atom stereocenters. The van der Waals surface area contributed by atoms with Crippen LogP contribution in [0.5, 0.6) is 5.75 Å². The summed E-state index contributed by atoms with van der Waals surface area (Å²) in [5.41, 5.74) is 3.11. The van der Waals surface area contributed by atoms with Crippen LogP contribution in [0.4, 0.5) is 0 Å². The Morgan fingerprint density at radius 1 is 1.04 bits per heavy atom. The number of carbonyl (C=O) groups is 1. The van der Waals surface area contributed by atoms with Gasteiger partial charge in [-0.05, 0) is 35.3 Å². The smallest absolute Gasteiger partial charge is 0.363 e. The first-order valence-electron chi connectivity index (χ1n) is 8.15. The zero-order chi connectivity index (χ0) is 18.0. The van der Waals surface area contributed by atoms with Gasteiger partial charge in [0.15, 0.2) is 5.70 Å². The van der Waals surface area contributed by atoms with Crippen molar-refractivity contribution in [3.05, 3.63) is 70.9 Å². The quantitative estimate of drug-likeness (QED) is 0.619. The molecule has 4 nitrogen and oxygen atoms in total. The molecule has 0 fully saturated rings. The van der Waals surface area contributed by atoms with Crippen molar-refractivity contribution in [1.82, 2.24) is 0 Å². The van der Waals surface area contributed by atoms with Gasteiger partial charge in [-0.25, -0.2) is 9.79 Å². The van der Waals surface area contributed by atoms with Crippen molar-refractivity contribution >= 4 is 17.9 Å². The first kappa shape index (κ1) is 17.0. The Morgan fingerprint density at radius 3 is 2.36 bits per heavy atom. The van der Waals surface area contributed by atoms with E-state index in [0.29, 0.717) is 11.6 Å². The van der Waals surface area contributed by atoms with E-state index in [1.54, 1.807) is 13.2 Å². The highest BCUT2D eigenvalue weighted by atomic mass is 16.6. The maximum absolute atomic E-state index is 12.1. The Labute approximate surface area is 147 Å². The minimum atomic E-state index is -0.458. The van der Waals surface area contributed by atoms with Crippen LogP contribution in [0.3, 0.4) is 0 Å². The summed E-state index contributed by atoms with van der Waals surface area (Å²) in [5.74, 6) is 0.549. The van der Waals surface area contributed by atoms with Crippen LogP contribution in [-0.4, -0.2) is 19.0 Å². The Hall–Kier alpha value is -2.88. The Balaban J connectivity index is 1.91. The second-order valence-corrected chi connectivity index (χ2v) is 6.91. The average molecular weight is 335 g/mol. The summed E-state index contributed by atoms with van der Waals surface area (Å²) >= 11 is 0. The van der Waals surface area contributed by atoms with Crippen molar-refractivity contribution in [2.24, 2.45) is 4.99 Å². The minimum absolute atomic E-state index is 0.0710. The van der Waals surface area contributed by atoms with Crippen molar-refractivity contribution in [3.63, 3.8) is 0 Å². The number of nitrogens with zero attached hydrogens (tertiary/aromatic N) is 1. The van der Waals surface area contributed by atoms with E-state index < -0.39 is 5.97 Å². The zero-order valence-corrected chi connectivity index (χ0v) is 14.9. The van der Waals surface area contributed by atoms with Crippen molar-refractivity contribution in [2.75, 3.05) is 7.11 Å². The monoisotopic (exact) mass is 335 g/mol. The van der Waals surface area contributed by atoms with Crippen LogP contribution in [0.1, 0.15) is 37.5 Å². The van der Waals surface area contributed by atoms with Crippen molar-refractivity contribution in [2.45, 2.75) is 26.2 Å². The van der Waals surface area contributed by atoms with Gasteiger partial charge in [0.2, 0.25) is 5.90 Å². The van der Waals surface area contributed by atoms with E-state index in [1.807, 2.05) is 48.5 Å². The lowest BCUT2D eigenvalue weighted by Crippen LogP contribution is -2.11. The fourth-order valence-electron chi connectivity index (χ4n) is 2.58. The van der Waals surface area contributed by atoms with Gasteiger partial charge in [-0.15, -0.1) is 0 Å². The average Bonchev–Trinajstić information content (AvgIpc) is 2.95. The van der Waals surface area contributed by atoms with Crippen LogP contribution in [0.25, 0.3) is 6.08 Å². The molecule has 3 rings (SSSR count). The van der Waals surface area contributed by atoms with E-state index in [-0.39, 0.29) is 11.1 Å². The van der Waals surface area contributed by atoms with Gasteiger partial charge in [0, 0.05) is 11.1 Å². The second kappa shape index (κ2) is 6.55. The lowest BCUT2D eigenvalue weighted by atomic mass is 9.87. The zero-order valence-electron chi connectivity index (χ0n) is 14.9. The number of hydrogen-bond acceptors (Lipinski definition) is 4. The van der Waals surface area contributed by atoms with Crippen LogP contribution >= 0.6 is 0 Å². The van der Waals surface area contributed by atoms with Crippen molar-refractivity contribution in [1.29, 1.82) is 0 Å². The molecule has 25 heavy (non-hydrogen) atoms. The van der Waals surface area contributed by atoms with Crippen LogP contribution in [0.2, 0.25) is 0 Å². The summed E-state index contributed by atoms with van der Waals surface area (Å²) < 4.78 is 10.6. The van der Waals surface area contributed by atoms with Gasteiger partial charge in [0.05, 0.1) is 7.11 Å². The summed E-state index contributed by atoms with van der Waals surface area (Å²) in [4.78, 5) is 16.5. The molecule has 0 N–H and O–H groups in total. The third-order valence-electron chi connectivity index (χ3n) is 4.05. The lowest BCUT2D eigenvalue weighted by molar-refractivity contribution is -0.129. The van der Waals surface area contributed by atoms with Crippen LogP contribution in [0, 0.1) is 0 Å². The maximum Gasteiger partial charge on any atom is 0.363 e. The summed E-state index contributed by atoms with van der Waals surface area (Å²) in [6, 6.07) is 15.4. The number of carbonyl (C=O) groups excluding carboxylic acids is 1. The highest BCUT2D eigenvalue weighted by molar-refractivity contribution is 6.12. The van der Waals surface area contributed by atoms with Gasteiger partial charge in [-0.3, -0.25) is 0 Å². The van der Waals surface area contributed by atoms with Gasteiger partial charge in [0.1, 0.15) is 5.75 Å². The number of esters is 1. The van der Waals surface area contributed by atoms with Crippen LogP contribution < -0.4 is 4.74 Å². The highest BCUT2D eigenvalue weighted by Gasteiger charge is 2.25. The first-order valence-corrected chi connectivity index (χ1v) is 8.15. The Morgan fingerprint density at radius 2 is 1.72 bits per heavy atom. The summed E-state index contributed by atoms with van der Waals surface area (Å²) in [5, 5.41) is 0. The molecule has 0 amide bonds. The maximum atomic E-state index is 12.1. The van der Waals surface area contributed by atoms with Gasteiger partial charge >= 0.3 is 5.97 Å². The molecule has 2 aromatic rings. The molecule has 0 atom stereocenters. The lowest BCUT2D eigenvalue weighted by Gasteiger charge is -2.18. The van der Waals surface area contributed by atoms with E-state index in [4.69, 9.17) is 9.47 Å². The molecular weight excluding hydrogens is 314 g/mol. The van der Waals surface area contributed by atoms with Crippen molar-refractivity contribution in [3.8, 4) is 5.75 Å². The SMILES string of the molecule is COc1ccccc1C=C1N=C(c2ccc(C(C)(C)C)cc2)OC1=O. The number of aliphatic imine (C=N–C) groups is 1. The molecule has 1 heterocycles. The predicted molar refractivity (Wildman–Crippen MR) is 98.7 cm³/mol. The number of para-hydroxylation sites is 1. The van der Waals surface area contributed by atoms with E-state index in [1.165, 1.54) is 5.56 Å². The standard InChI is InChI=1S/C21H21NO3/c1-21(2,3)16-11-9-14(10-12-16)19-22-17(20(23)25-19)13-15-7-5-6-8-18(15)24-4/h5-13H,1-4H3. The molecule has 128 valence electrons. The van der Waals surface area contributed by atoms with Crippen LogP contribution in [0.15, 0.2) is 59.2 Å².